The first-order chi connectivity index (χ1) is 15.0. The van der Waals surface area contributed by atoms with E-state index in [1.54, 1.807) is 0 Å². The van der Waals surface area contributed by atoms with Crippen LogP contribution in [0, 0.1) is 0 Å². The van der Waals surface area contributed by atoms with Gasteiger partial charge in [-0.25, -0.2) is 0 Å². The van der Waals surface area contributed by atoms with Gasteiger partial charge < -0.3 is 15.2 Å². The van der Waals surface area contributed by atoms with Gasteiger partial charge >= 0.3 is 12.4 Å². The molecule has 0 aromatic heterocycles. The lowest BCUT2D eigenvalue weighted by atomic mass is 9.80. The minimum absolute atomic E-state index is 0.0765. The predicted octanol–water partition coefficient (Wildman–Crippen LogP) is 5.58. The van der Waals surface area contributed by atoms with Gasteiger partial charge in [-0.1, -0.05) is 30.3 Å². The molecule has 2 N–H and O–H groups in total. The number of benzene rings is 2. The van der Waals surface area contributed by atoms with Crippen molar-refractivity contribution >= 4 is 0 Å². The SMILES string of the molecule is OCC(OC1CCC2CCC1(c1ccccc1)N2)c1cc(C(F)(F)F)cc(C(F)(F)F)c1. The molecule has 0 spiro atoms. The summed E-state index contributed by atoms with van der Waals surface area (Å²) in [5, 5.41) is 13.5. The summed E-state index contributed by atoms with van der Waals surface area (Å²) in [6.07, 6.45) is -8.82. The third-order valence-corrected chi connectivity index (χ3v) is 6.44. The second kappa shape index (κ2) is 8.35. The Labute approximate surface area is 181 Å². The van der Waals surface area contributed by atoms with Crippen molar-refractivity contribution in [2.45, 2.75) is 61.8 Å². The molecule has 2 aliphatic rings. The van der Waals surface area contributed by atoms with E-state index >= 15 is 0 Å². The number of alkyl halides is 6. The zero-order valence-corrected chi connectivity index (χ0v) is 17.0. The van der Waals surface area contributed by atoms with Crippen LogP contribution in [0.1, 0.15) is 54.0 Å². The molecule has 0 aliphatic carbocycles. The summed E-state index contributed by atoms with van der Waals surface area (Å²) in [4.78, 5) is 0. The molecule has 2 fully saturated rings. The van der Waals surface area contributed by atoms with E-state index in [-0.39, 0.29) is 17.7 Å². The minimum atomic E-state index is -4.97. The standard InChI is InChI=1S/C23H23F6NO2/c24-22(25,26)16-10-14(11-17(12-16)23(27,28)29)19(13-31)32-20-7-6-18-8-9-21(20,30-18)15-4-2-1-3-5-15/h1-5,10-12,18-20,30-31H,6-9,13H2. The van der Waals surface area contributed by atoms with Crippen LogP contribution in [0.2, 0.25) is 0 Å². The Bertz CT molecular complexity index is 913. The zero-order chi connectivity index (χ0) is 23.1. The number of aliphatic hydroxyl groups is 1. The number of halogens is 6. The van der Waals surface area contributed by atoms with E-state index in [9.17, 15) is 31.4 Å². The summed E-state index contributed by atoms with van der Waals surface area (Å²) in [6, 6.07) is 11.1. The van der Waals surface area contributed by atoms with Crippen molar-refractivity contribution in [3.63, 3.8) is 0 Å². The van der Waals surface area contributed by atoms with E-state index in [2.05, 4.69) is 5.32 Å². The van der Waals surface area contributed by atoms with Crippen molar-refractivity contribution in [1.29, 1.82) is 0 Å². The molecule has 0 saturated carbocycles. The molecular weight excluding hydrogens is 436 g/mol. The Morgan fingerprint density at radius 2 is 1.56 bits per heavy atom. The lowest BCUT2D eigenvalue weighted by Crippen LogP contribution is -2.54. The highest BCUT2D eigenvalue weighted by molar-refractivity contribution is 5.35. The van der Waals surface area contributed by atoms with Crippen molar-refractivity contribution < 1.29 is 36.2 Å². The molecule has 4 atom stereocenters. The van der Waals surface area contributed by atoms with Crippen LogP contribution in [0.3, 0.4) is 0 Å². The van der Waals surface area contributed by atoms with E-state index in [1.807, 2.05) is 30.3 Å². The molecule has 0 amide bonds. The van der Waals surface area contributed by atoms with Gasteiger partial charge in [0, 0.05) is 6.04 Å². The third-order valence-electron chi connectivity index (χ3n) is 6.44. The van der Waals surface area contributed by atoms with Crippen LogP contribution in [-0.4, -0.2) is 23.9 Å². The van der Waals surface area contributed by atoms with E-state index in [4.69, 9.17) is 4.74 Å². The Morgan fingerprint density at radius 1 is 0.938 bits per heavy atom. The minimum Gasteiger partial charge on any atom is -0.393 e. The number of rotatable bonds is 5. The molecule has 9 heteroatoms. The smallest absolute Gasteiger partial charge is 0.393 e. The summed E-state index contributed by atoms with van der Waals surface area (Å²) < 4.78 is 85.8. The van der Waals surface area contributed by atoms with E-state index in [0.29, 0.717) is 18.6 Å². The highest BCUT2D eigenvalue weighted by atomic mass is 19.4. The van der Waals surface area contributed by atoms with Crippen LogP contribution in [0.5, 0.6) is 0 Å². The Balaban J connectivity index is 1.70. The lowest BCUT2D eigenvalue weighted by Gasteiger charge is -2.43. The van der Waals surface area contributed by atoms with Crippen molar-refractivity contribution in [2.75, 3.05) is 6.61 Å². The van der Waals surface area contributed by atoms with Gasteiger partial charge in [0.2, 0.25) is 0 Å². The molecule has 174 valence electrons. The number of nitrogens with one attached hydrogen (secondary N) is 1. The summed E-state index contributed by atoms with van der Waals surface area (Å²) in [7, 11) is 0. The Kier molecular flexibility index (Phi) is 6.02. The number of aliphatic hydroxyl groups excluding tert-OH is 1. The fourth-order valence-electron chi connectivity index (χ4n) is 4.90. The largest absolute Gasteiger partial charge is 0.416 e. The zero-order valence-electron chi connectivity index (χ0n) is 17.0. The van der Waals surface area contributed by atoms with Gasteiger partial charge in [-0.15, -0.1) is 0 Å². The molecule has 2 aromatic carbocycles. The molecule has 2 bridgehead atoms. The lowest BCUT2D eigenvalue weighted by molar-refractivity contribution is -0.143. The van der Waals surface area contributed by atoms with Crippen LogP contribution >= 0.6 is 0 Å². The molecule has 32 heavy (non-hydrogen) atoms. The van der Waals surface area contributed by atoms with Crippen molar-refractivity contribution in [3.05, 3.63) is 70.8 Å². The fraction of sp³-hybridized carbons (Fsp3) is 0.478. The van der Waals surface area contributed by atoms with Crippen molar-refractivity contribution in [3.8, 4) is 0 Å². The number of piperidine rings is 1. The number of fused-ring (bicyclic) bond motifs is 2. The van der Waals surface area contributed by atoms with Gasteiger partial charge in [-0.05, 0) is 55.0 Å². The summed E-state index contributed by atoms with van der Waals surface area (Å²) in [5.74, 6) is 0. The average Bonchev–Trinajstić information content (AvgIpc) is 3.11. The normalized spacial score (nSPS) is 26.8. The molecule has 2 aromatic rings. The van der Waals surface area contributed by atoms with Crippen molar-refractivity contribution in [1.82, 2.24) is 5.32 Å². The second-order valence-corrected chi connectivity index (χ2v) is 8.43. The van der Waals surface area contributed by atoms with E-state index in [0.717, 1.165) is 24.8 Å². The number of hydrogen-bond acceptors (Lipinski definition) is 3. The highest BCUT2D eigenvalue weighted by Gasteiger charge is 2.50. The van der Waals surface area contributed by atoms with Gasteiger partial charge in [0.25, 0.3) is 0 Å². The van der Waals surface area contributed by atoms with Crippen LogP contribution in [0.4, 0.5) is 26.3 Å². The third kappa shape index (κ3) is 4.38. The maximum absolute atomic E-state index is 13.3. The quantitative estimate of drug-likeness (QED) is 0.574. The Hall–Kier alpha value is -2.10. The van der Waals surface area contributed by atoms with Gasteiger partial charge in [-0.2, -0.15) is 26.3 Å². The van der Waals surface area contributed by atoms with Gasteiger partial charge in [0.05, 0.1) is 29.4 Å². The van der Waals surface area contributed by atoms with Gasteiger partial charge in [0.1, 0.15) is 6.10 Å². The number of hydrogen-bond donors (Lipinski definition) is 2. The Morgan fingerprint density at radius 3 is 2.12 bits per heavy atom. The molecule has 3 nitrogen and oxygen atoms in total. The van der Waals surface area contributed by atoms with Crippen LogP contribution in [0.25, 0.3) is 0 Å². The molecule has 4 rings (SSSR count). The average molecular weight is 459 g/mol. The fourth-order valence-corrected chi connectivity index (χ4v) is 4.90. The van der Waals surface area contributed by atoms with Crippen molar-refractivity contribution in [2.24, 2.45) is 0 Å². The van der Waals surface area contributed by atoms with Crippen LogP contribution in [-0.2, 0) is 22.6 Å². The summed E-state index contributed by atoms with van der Waals surface area (Å²) in [5.41, 5.74) is -2.86. The molecule has 2 aliphatic heterocycles. The summed E-state index contributed by atoms with van der Waals surface area (Å²) >= 11 is 0. The molecule has 4 unspecified atom stereocenters. The molecule has 2 heterocycles. The van der Waals surface area contributed by atoms with Crippen LogP contribution < -0.4 is 5.32 Å². The first-order valence-corrected chi connectivity index (χ1v) is 10.4. The highest BCUT2D eigenvalue weighted by Crippen LogP contribution is 2.46. The van der Waals surface area contributed by atoms with E-state index < -0.39 is 47.8 Å². The first kappa shape index (κ1) is 23.1. The monoisotopic (exact) mass is 459 g/mol. The van der Waals surface area contributed by atoms with E-state index in [1.165, 1.54) is 0 Å². The van der Waals surface area contributed by atoms with Gasteiger partial charge in [0.15, 0.2) is 0 Å². The summed E-state index contributed by atoms with van der Waals surface area (Å²) in [6.45, 7) is -0.747. The maximum atomic E-state index is 13.3. The molecule has 2 saturated heterocycles. The van der Waals surface area contributed by atoms with Gasteiger partial charge in [-0.3, -0.25) is 0 Å². The maximum Gasteiger partial charge on any atom is 0.416 e. The molecule has 0 radical (unpaired) electrons. The topological polar surface area (TPSA) is 41.5 Å². The second-order valence-electron chi connectivity index (χ2n) is 8.43. The van der Waals surface area contributed by atoms with Crippen LogP contribution in [0.15, 0.2) is 48.5 Å². The predicted molar refractivity (Wildman–Crippen MR) is 105 cm³/mol. The number of ether oxygens (including phenoxy) is 1. The molecular formula is C23H23F6NO2. The first-order valence-electron chi connectivity index (χ1n) is 10.4.